The molecule has 3 aromatic rings. The Labute approximate surface area is 122 Å². The van der Waals surface area contributed by atoms with Crippen molar-refractivity contribution in [3.63, 3.8) is 0 Å². The largest absolute Gasteiger partial charge is 0.291 e. The number of nitrogens with zero attached hydrogens (tertiary/aromatic N) is 3. The van der Waals surface area contributed by atoms with Crippen molar-refractivity contribution in [3.05, 3.63) is 51.4 Å². The average molecular weight is 343 g/mol. The Balaban J connectivity index is 2.24. The maximum Gasteiger partial charge on any atom is 0.156 e. The first-order valence-corrected chi connectivity index (χ1v) is 6.64. The van der Waals surface area contributed by atoms with E-state index < -0.39 is 0 Å². The molecule has 0 amide bonds. The van der Waals surface area contributed by atoms with Gasteiger partial charge in [-0.2, -0.15) is 0 Å². The Kier molecular flexibility index (Phi) is 3.01. The van der Waals surface area contributed by atoms with Crippen LogP contribution in [-0.4, -0.2) is 14.4 Å². The molecule has 0 atom stereocenters. The van der Waals surface area contributed by atoms with E-state index in [1.807, 2.05) is 10.6 Å². The highest BCUT2D eigenvalue weighted by Crippen LogP contribution is 2.29. The molecule has 0 fully saturated rings. The summed E-state index contributed by atoms with van der Waals surface area (Å²) in [7, 11) is 0. The standard InChI is InChI=1S/C12H6BrCl2N3/c13-11-4-17-12-5-16-10(6-18(11)12)8-3-7(14)1-2-9(8)15/h1-6H. The third-order valence-corrected chi connectivity index (χ3v) is 3.71. The summed E-state index contributed by atoms with van der Waals surface area (Å²) >= 11 is 15.6. The van der Waals surface area contributed by atoms with Crippen LogP contribution in [0.25, 0.3) is 16.9 Å². The number of imidazole rings is 1. The van der Waals surface area contributed by atoms with Crippen LogP contribution in [0.2, 0.25) is 10.0 Å². The summed E-state index contributed by atoms with van der Waals surface area (Å²) in [5.74, 6) is 0. The van der Waals surface area contributed by atoms with E-state index in [0.717, 1.165) is 21.5 Å². The van der Waals surface area contributed by atoms with Gasteiger partial charge in [-0.3, -0.25) is 9.38 Å². The van der Waals surface area contributed by atoms with Crippen molar-refractivity contribution in [2.45, 2.75) is 0 Å². The second kappa shape index (κ2) is 4.53. The molecule has 90 valence electrons. The summed E-state index contributed by atoms with van der Waals surface area (Å²) < 4.78 is 2.75. The van der Waals surface area contributed by atoms with Crippen LogP contribution in [0, 0.1) is 0 Å². The zero-order chi connectivity index (χ0) is 12.7. The Morgan fingerprint density at radius 3 is 2.78 bits per heavy atom. The third-order valence-electron chi connectivity index (χ3n) is 2.56. The van der Waals surface area contributed by atoms with Gasteiger partial charge in [0.05, 0.1) is 23.1 Å². The molecule has 0 aliphatic rings. The Morgan fingerprint density at radius 1 is 1.11 bits per heavy atom. The molecule has 0 saturated heterocycles. The Morgan fingerprint density at radius 2 is 1.94 bits per heavy atom. The molecule has 3 nitrogen and oxygen atoms in total. The molecule has 0 radical (unpaired) electrons. The molecule has 0 N–H and O–H groups in total. The lowest BCUT2D eigenvalue weighted by molar-refractivity contribution is 1.11. The van der Waals surface area contributed by atoms with Crippen molar-refractivity contribution in [1.29, 1.82) is 0 Å². The lowest BCUT2D eigenvalue weighted by Crippen LogP contribution is -1.91. The van der Waals surface area contributed by atoms with E-state index in [2.05, 4.69) is 25.9 Å². The monoisotopic (exact) mass is 341 g/mol. The van der Waals surface area contributed by atoms with Gasteiger partial charge in [0.2, 0.25) is 0 Å². The second-order valence-corrected chi connectivity index (χ2v) is 5.36. The summed E-state index contributed by atoms with van der Waals surface area (Å²) in [6, 6.07) is 5.30. The highest BCUT2D eigenvalue weighted by Gasteiger charge is 2.08. The Bertz CT molecular complexity index is 739. The SMILES string of the molecule is Clc1ccc(Cl)c(-c2cn3c(Br)cnc3cn2)c1. The van der Waals surface area contributed by atoms with Gasteiger partial charge in [0, 0.05) is 16.8 Å². The van der Waals surface area contributed by atoms with Crippen LogP contribution >= 0.6 is 39.1 Å². The van der Waals surface area contributed by atoms with Crippen molar-refractivity contribution in [3.8, 4) is 11.3 Å². The number of rotatable bonds is 1. The molecule has 6 heteroatoms. The molecule has 1 aromatic carbocycles. The van der Waals surface area contributed by atoms with Gasteiger partial charge in [-0.1, -0.05) is 23.2 Å². The minimum Gasteiger partial charge on any atom is -0.291 e. The summed E-state index contributed by atoms with van der Waals surface area (Å²) in [5, 5.41) is 1.24. The first kappa shape index (κ1) is 12.0. The fourth-order valence-electron chi connectivity index (χ4n) is 1.69. The van der Waals surface area contributed by atoms with Gasteiger partial charge in [0.1, 0.15) is 4.60 Å². The molecule has 18 heavy (non-hydrogen) atoms. The minimum absolute atomic E-state index is 0.613. The fraction of sp³-hybridized carbons (Fsp3) is 0. The molecule has 0 aliphatic heterocycles. The molecule has 2 heterocycles. The molecular formula is C12H6BrCl2N3. The van der Waals surface area contributed by atoms with Crippen LogP contribution in [0.15, 0.2) is 41.4 Å². The van der Waals surface area contributed by atoms with Gasteiger partial charge in [-0.05, 0) is 34.1 Å². The van der Waals surface area contributed by atoms with E-state index in [-0.39, 0.29) is 0 Å². The van der Waals surface area contributed by atoms with Crippen molar-refractivity contribution in [2.24, 2.45) is 0 Å². The van der Waals surface area contributed by atoms with E-state index in [1.54, 1.807) is 30.6 Å². The van der Waals surface area contributed by atoms with Crippen molar-refractivity contribution >= 4 is 44.8 Å². The van der Waals surface area contributed by atoms with E-state index in [4.69, 9.17) is 23.2 Å². The summed E-state index contributed by atoms with van der Waals surface area (Å²) in [6.45, 7) is 0. The van der Waals surface area contributed by atoms with Crippen LogP contribution < -0.4 is 0 Å². The van der Waals surface area contributed by atoms with Gasteiger partial charge in [-0.25, -0.2) is 4.98 Å². The lowest BCUT2D eigenvalue weighted by atomic mass is 10.1. The van der Waals surface area contributed by atoms with E-state index >= 15 is 0 Å². The van der Waals surface area contributed by atoms with Crippen LogP contribution in [0.4, 0.5) is 0 Å². The zero-order valence-electron chi connectivity index (χ0n) is 8.94. The van der Waals surface area contributed by atoms with E-state index in [0.29, 0.717) is 10.0 Å². The molecule has 0 unspecified atom stereocenters. The molecular weight excluding hydrogens is 337 g/mol. The lowest BCUT2D eigenvalue weighted by Gasteiger charge is -2.05. The number of fused-ring (bicyclic) bond motifs is 1. The van der Waals surface area contributed by atoms with Gasteiger partial charge >= 0.3 is 0 Å². The number of hydrogen-bond donors (Lipinski definition) is 0. The topological polar surface area (TPSA) is 30.2 Å². The predicted molar refractivity (Wildman–Crippen MR) is 76.1 cm³/mol. The minimum atomic E-state index is 0.613. The predicted octanol–water partition coefficient (Wildman–Crippen LogP) is 4.47. The molecule has 3 rings (SSSR count). The molecule has 0 saturated carbocycles. The smallest absolute Gasteiger partial charge is 0.156 e. The van der Waals surface area contributed by atoms with E-state index in [9.17, 15) is 0 Å². The third kappa shape index (κ3) is 2.00. The van der Waals surface area contributed by atoms with Crippen molar-refractivity contribution in [1.82, 2.24) is 14.4 Å². The summed E-state index contributed by atoms with van der Waals surface area (Å²) in [4.78, 5) is 8.53. The Hall–Kier alpha value is -1.10. The fourth-order valence-corrected chi connectivity index (χ4v) is 2.47. The molecule has 0 bridgehead atoms. The highest BCUT2D eigenvalue weighted by atomic mass is 79.9. The molecule has 2 aromatic heterocycles. The van der Waals surface area contributed by atoms with Crippen LogP contribution in [0.3, 0.4) is 0 Å². The number of hydrogen-bond acceptors (Lipinski definition) is 2. The quantitative estimate of drug-likeness (QED) is 0.653. The van der Waals surface area contributed by atoms with Crippen LogP contribution in [-0.2, 0) is 0 Å². The number of benzene rings is 1. The van der Waals surface area contributed by atoms with Crippen molar-refractivity contribution < 1.29 is 0 Å². The second-order valence-electron chi connectivity index (χ2n) is 3.71. The first-order chi connectivity index (χ1) is 8.65. The van der Waals surface area contributed by atoms with E-state index in [1.165, 1.54) is 0 Å². The zero-order valence-corrected chi connectivity index (χ0v) is 12.0. The molecule has 0 aliphatic carbocycles. The average Bonchev–Trinajstić information content (AvgIpc) is 2.74. The maximum atomic E-state index is 6.16. The summed E-state index contributed by atoms with van der Waals surface area (Å²) in [5.41, 5.74) is 2.31. The van der Waals surface area contributed by atoms with Gasteiger partial charge in [-0.15, -0.1) is 0 Å². The number of aromatic nitrogens is 3. The maximum absolute atomic E-state index is 6.16. The van der Waals surface area contributed by atoms with Gasteiger partial charge in [0.25, 0.3) is 0 Å². The first-order valence-electron chi connectivity index (χ1n) is 5.09. The molecule has 0 spiro atoms. The normalized spacial score (nSPS) is 11.1. The van der Waals surface area contributed by atoms with Crippen LogP contribution in [0.5, 0.6) is 0 Å². The summed E-state index contributed by atoms with van der Waals surface area (Å²) in [6.07, 6.45) is 5.28. The van der Waals surface area contributed by atoms with Gasteiger partial charge in [0.15, 0.2) is 5.65 Å². The number of halogens is 3. The highest BCUT2D eigenvalue weighted by molar-refractivity contribution is 9.10. The van der Waals surface area contributed by atoms with Crippen LogP contribution in [0.1, 0.15) is 0 Å². The van der Waals surface area contributed by atoms with Crippen molar-refractivity contribution in [2.75, 3.05) is 0 Å². The van der Waals surface area contributed by atoms with Gasteiger partial charge < -0.3 is 0 Å².